The number of piperidine rings is 1. The van der Waals surface area contributed by atoms with Gasteiger partial charge in [-0.3, -0.25) is 9.89 Å². The number of likely N-dealkylation sites (tertiary alicyclic amines) is 1. The van der Waals surface area contributed by atoms with Crippen LogP contribution in [0.3, 0.4) is 0 Å². The molecule has 0 aromatic rings. The lowest BCUT2D eigenvalue weighted by Crippen LogP contribution is -2.48. The summed E-state index contributed by atoms with van der Waals surface area (Å²) < 4.78 is 5.51. The van der Waals surface area contributed by atoms with Crippen LogP contribution in [-0.4, -0.2) is 87.4 Å². The molecule has 0 bridgehead atoms. The quantitative estimate of drug-likeness (QED) is 0.189. The molecule has 1 atom stereocenters. The van der Waals surface area contributed by atoms with E-state index < -0.39 is 0 Å². The summed E-state index contributed by atoms with van der Waals surface area (Å²) in [5.74, 6) is 1.57. The molecule has 2 heterocycles. The van der Waals surface area contributed by atoms with Crippen LogP contribution in [0.15, 0.2) is 4.99 Å². The lowest BCUT2D eigenvalue weighted by molar-refractivity contribution is 0.00867. The molecular formula is C22H46IN5O. The van der Waals surface area contributed by atoms with Gasteiger partial charge in [0.2, 0.25) is 0 Å². The van der Waals surface area contributed by atoms with Gasteiger partial charge in [-0.25, -0.2) is 0 Å². The van der Waals surface area contributed by atoms with E-state index in [1.54, 1.807) is 0 Å². The highest BCUT2D eigenvalue weighted by atomic mass is 127. The van der Waals surface area contributed by atoms with Crippen molar-refractivity contribution >= 4 is 29.9 Å². The van der Waals surface area contributed by atoms with Crippen LogP contribution in [0.5, 0.6) is 0 Å². The van der Waals surface area contributed by atoms with E-state index in [4.69, 9.17) is 9.73 Å². The number of unbranched alkanes of at least 4 members (excludes halogenated alkanes) is 2. The predicted molar refractivity (Wildman–Crippen MR) is 135 cm³/mol. The standard InChI is InChI=1S/C22H45N5O.HI/c1-4-23-22(24-11-7-5-8-12-26-13-9-6-10-14-26)25-19-21(20(2)3)27-15-17-28-18-16-27;/h20-21H,4-19H2,1-3H3,(H2,23,24,25);1H. The highest BCUT2D eigenvalue weighted by molar-refractivity contribution is 14.0. The van der Waals surface area contributed by atoms with E-state index in [-0.39, 0.29) is 24.0 Å². The smallest absolute Gasteiger partial charge is 0.191 e. The van der Waals surface area contributed by atoms with Gasteiger partial charge < -0.3 is 20.3 Å². The van der Waals surface area contributed by atoms with Gasteiger partial charge in [0.15, 0.2) is 5.96 Å². The average molecular weight is 524 g/mol. The molecule has 2 saturated heterocycles. The first-order valence-corrected chi connectivity index (χ1v) is 11.8. The van der Waals surface area contributed by atoms with Gasteiger partial charge in [0.25, 0.3) is 0 Å². The summed E-state index contributed by atoms with van der Waals surface area (Å²) in [7, 11) is 0. The van der Waals surface area contributed by atoms with Crippen molar-refractivity contribution < 1.29 is 4.74 Å². The van der Waals surface area contributed by atoms with Crippen LogP contribution in [0.2, 0.25) is 0 Å². The lowest BCUT2D eigenvalue weighted by Gasteiger charge is -2.36. The monoisotopic (exact) mass is 523 g/mol. The third-order valence-electron chi connectivity index (χ3n) is 5.96. The molecule has 2 fully saturated rings. The highest BCUT2D eigenvalue weighted by Crippen LogP contribution is 2.13. The van der Waals surface area contributed by atoms with Crippen LogP contribution in [0.1, 0.15) is 59.3 Å². The topological polar surface area (TPSA) is 52.1 Å². The van der Waals surface area contributed by atoms with Crippen molar-refractivity contribution in [1.82, 2.24) is 20.4 Å². The maximum Gasteiger partial charge on any atom is 0.191 e. The van der Waals surface area contributed by atoms with Crippen molar-refractivity contribution in [2.75, 3.05) is 65.6 Å². The van der Waals surface area contributed by atoms with Crippen molar-refractivity contribution in [3.05, 3.63) is 0 Å². The Morgan fingerprint density at radius 1 is 0.966 bits per heavy atom. The number of morpholine rings is 1. The first-order chi connectivity index (χ1) is 13.7. The van der Waals surface area contributed by atoms with Crippen molar-refractivity contribution in [2.45, 2.75) is 65.3 Å². The van der Waals surface area contributed by atoms with Crippen LogP contribution in [0.25, 0.3) is 0 Å². The lowest BCUT2D eigenvalue weighted by atomic mass is 10.0. The third-order valence-corrected chi connectivity index (χ3v) is 5.96. The van der Waals surface area contributed by atoms with Crippen LogP contribution in [0.4, 0.5) is 0 Å². The summed E-state index contributed by atoms with van der Waals surface area (Å²) in [5, 5.41) is 6.95. The molecule has 0 aromatic carbocycles. The Labute approximate surface area is 196 Å². The number of aliphatic imine (C=N–C) groups is 1. The Morgan fingerprint density at radius 2 is 1.69 bits per heavy atom. The fourth-order valence-corrected chi connectivity index (χ4v) is 4.21. The molecule has 2 rings (SSSR count). The van der Waals surface area contributed by atoms with E-state index in [9.17, 15) is 0 Å². The number of hydrogen-bond acceptors (Lipinski definition) is 4. The van der Waals surface area contributed by atoms with Gasteiger partial charge >= 0.3 is 0 Å². The molecule has 0 saturated carbocycles. The minimum atomic E-state index is 0. The van der Waals surface area contributed by atoms with Crippen molar-refractivity contribution in [3.63, 3.8) is 0 Å². The van der Waals surface area contributed by atoms with Gasteiger partial charge in [-0.15, -0.1) is 24.0 Å². The zero-order valence-corrected chi connectivity index (χ0v) is 21.5. The molecule has 0 spiro atoms. The first-order valence-electron chi connectivity index (χ1n) is 11.8. The van der Waals surface area contributed by atoms with E-state index in [0.717, 1.165) is 51.9 Å². The summed E-state index contributed by atoms with van der Waals surface area (Å²) in [6, 6.07) is 0.490. The van der Waals surface area contributed by atoms with Gasteiger partial charge in [-0.1, -0.05) is 26.7 Å². The van der Waals surface area contributed by atoms with E-state index in [1.807, 2.05) is 0 Å². The third kappa shape index (κ3) is 11.2. The Kier molecular flexibility index (Phi) is 15.4. The van der Waals surface area contributed by atoms with Gasteiger partial charge in [-0.05, 0) is 58.2 Å². The largest absolute Gasteiger partial charge is 0.379 e. The summed E-state index contributed by atoms with van der Waals surface area (Å²) in [6.45, 7) is 17.2. The van der Waals surface area contributed by atoms with Crippen molar-refractivity contribution in [1.29, 1.82) is 0 Å². The molecule has 2 aliphatic rings. The number of nitrogens with zero attached hydrogens (tertiary/aromatic N) is 3. The molecule has 6 nitrogen and oxygen atoms in total. The van der Waals surface area contributed by atoms with Crippen molar-refractivity contribution in [3.8, 4) is 0 Å². The summed E-state index contributed by atoms with van der Waals surface area (Å²) >= 11 is 0. The Bertz CT molecular complexity index is 423. The van der Waals surface area contributed by atoms with E-state index >= 15 is 0 Å². The second-order valence-corrected chi connectivity index (χ2v) is 8.57. The van der Waals surface area contributed by atoms with Gasteiger partial charge in [0.1, 0.15) is 0 Å². The average Bonchev–Trinajstić information content (AvgIpc) is 2.72. The molecule has 0 aliphatic carbocycles. The maximum absolute atomic E-state index is 5.51. The Balaban J connectivity index is 0.00000420. The van der Waals surface area contributed by atoms with Crippen LogP contribution in [-0.2, 0) is 4.74 Å². The van der Waals surface area contributed by atoms with Crippen LogP contribution in [0, 0.1) is 5.92 Å². The molecule has 2 aliphatic heterocycles. The van der Waals surface area contributed by atoms with Gasteiger partial charge in [-0.2, -0.15) is 0 Å². The second kappa shape index (κ2) is 16.6. The van der Waals surface area contributed by atoms with Gasteiger partial charge in [0.05, 0.1) is 19.8 Å². The fraction of sp³-hybridized carbons (Fsp3) is 0.955. The zero-order valence-electron chi connectivity index (χ0n) is 19.1. The minimum absolute atomic E-state index is 0. The number of hydrogen-bond donors (Lipinski definition) is 2. The van der Waals surface area contributed by atoms with E-state index in [1.165, 1.54) is 58.2 Å². The number of halogens is 1. The Hall–Kier alpha value is -0.120. The van der Waals surface area contributed by atoms with Crippen LogP contribution >= 0.6 is 24.0 Å². The molecular weight excluding hydrogens is 477 g/mol. The zero-order chi connectivity index (χ0) is 20.0. The van der Waals surface area contributed by atoms with E-state index in [0.29, 0.717) is 12.0 Å². The van der Waals surface area contributed by atoms with Crippen LogP contribution < -0.4 is 10.6 Å². The second-order valence-electron chi connectivity index (χ2n) is 8.57. The van der Waals surface area contributed by atoms with Crippen molar-refractivity contribution in [2.24, 2.45) is 10.9 Å². The van der Waals surface area contributed by atoms with Gasteiger partial charge in [0, 0.05) is 32.2 Å². The molecule has 2 N–H and O–H groups in total. The summed E-state index contributed by atoms with van der Waals surface area (Å²) in [5.41, 5.74) is 0. The summed E-state index contributed by atoms with van der Waals surface area (Å²) in [6.07, 6.45) is 8.05. The van der Waals surface area contributed by atoms with E-state index in [2.05, 4.69) is 41.2 Å². The normalized spacial score (nSPS) is 20.3. The highest BCUT2D eigenvalue weighted by Gasteiger charge is 2.23. The number of ether oxygens (including phenoxy) is 1. The molecule has 7 heteroatoms. The molecule has 0 amide bonds. The SMILES string of the molecule is CCNC(=NCC(C(C)C)N1CCOCC1)NCCCCCN1CCCCC1.I. The molecule has 172 valence electrons. The Morgan fingerprint density at radius 3 is 2.34 bits per heavy atom. The molecule has 1 unspecified atom stereocenters. The predicted octanol–water partition coefficient (Wildman–Crippen LogP) is 3.17. The number of rotatable bonds is 11. The fourth-order valence-electron chi connectivity index (χ4n) is 4.21. The molecule has 0 radical (unpaired) electrons. The minimum Gasteiger partial charge on any atom is -0.379 e. The molecule has 29 heavy (non-hydrogen) atoms. The number of guanidine groups is 1. The maximum atomic E-state index is 5.51. The number of nitrogens with one attached hydrogen (secondary N) is 2. The first kappa shape index (κ1) is 26.9. The summed E-state index contributed by atoms with van der Waals surface area (Å²) in [4.78, 5) is 10.1. The molecule has 0 aromatic heterocycles.